The summed E-state index contributed by atoms with van der Waals surface area (Å²) in [5, 5.41) is 10.4. The van der Waals surface area contributed by atoms with Crippen molar-refractivity contribution in [2.75, 3.05) is 18.8 Å². The van der Waals surface area contributed by atoms with E-state index in [4.69, 9.17) is 11.0 Å². The fourth-order valence-electron chi connectivity index (χ4n) is 4.43. The first kappa shape index (κ1) is 20.0. The molecule has 2 aliphatic rings. The highest BCUT2D eigenvalue weighted by atomic mass is 32.2. The summed E-state index contributed by atoms with van der Waals surface area (Å²) >= 11 is 3.07. The Bertz CT molecular complexity index is 1280. The van der Waals surface area contributed by atoms with Gasteiger partial charge in [0.15, 0.2) is 5.78 Å². The van der Waals surface area contributed by atoms with Crippen LogP contribution in [0.15, 0.2) is 35.2 Å². The summed E-state index contributed by atoms with van der Waals surface area (Å²) < 4.78 is -0.198. The van der Waals surface area contributed by atoms with Crippen molar-refractivity contribution < 1.29 is 9.59 Å². The Morgan fingerprint density at radius 3 is 2.77 bits per heavy atom. The van der Waals surface area contributed by atoms with Gasteiger partial charge < -0.3 is 10.6 Å². The van der Waals surface area contributed by atoms with Crippen molar-refractivity contribution in [1.82, 2.24) is 9.88 Å². The van der Waals surface area contributed by atoms with Crippen molar-refractivity contribution in [1.29, 1.82) is 5.26 Å². The van der Waals surface area contributed by atoms with E-state index in [1.165, 1.54) is 11.3 Å². The van der Waals surface area contributed by atoms with E-state index in [-0.39, 0.29) is 16.4 Å². The molecule has 2 aliphatic heterocycles. The number of piperidine rings is 1. The van der Waals surface area contributed by atoms with Crippen LogP contribution in [0.5, 0.6) is 0 Å². The molecule has 0 saturated carbocycles. The van der Waals surface area contributed by atoms with Gasteiger partial charge in [-0.3, -0.25) is 9.59 Å². The number of thiophene rings is 1. The Labute approximate surface area is 188 Å². The van der Waals surface area contributed by atoms with Gasteiger partial charge in [0.2, 0.25) is 0 Å². The highest BCUT2D eigenvalue weighted by molar-refractivity contribution is 8.01. The molecule has 0 radical (unpaired) electrons. The summed E-state index contributed by atoms with van der Waals surface area (Å²) in [6.07, 6.45) is 1.93. The lowest BCUT2D eigenvalue weighted by atomic mass is 9.87. The summed E-state index contributed by atoms with van der Waals surface area (Å²) in [5.41, 5.74) is 8.80. The Balaban J connectivity index is 1.36. The maximum Gasteiger partial charge on any atom is 0.257 e. The van der Waals surface area contributed by atoms with Crippen molar-refractivity contribution in [3.63, 3.8) is 0 Å². The first-order chi connectivity index (χ1) is 14.9. The average Bonchev–Trinajstić information content (AvgIpc) is 3.08. The third kappa shape index (κ3) is 3.38. The molecule has 8 heteroatoms. The molecule has 5 rings (SSSR count). The number of nitrogens with two attached hydrogens (primary N) is 1. The van der Waals surface area contributed by atoms with Gasteiger partial charge in [0, 0.05) is 45.8 Å². The zero-order valence-corrected chi connectivity index (χ0v) is 18.6. The molecule has 6 nitrogen and oxygen atoms in total. The number of Topliss-reactive ketones (excluding diaryl/α,β-unsaturated/α-hetero) is 1. The van der Waals surface area contributed by atoms with Crippen LogP contribution in [0.2, 0.25) is 0 Å². The van der Waals surface area contributed by atoms with Crippen molar-refractivity contribution in [3.05, 3.63) is 52.7 Å². The van der Waals surface area contributed by atoms with Crippen LogP contribution < -0.4 is 5.73 Å². The second kappa shape index (κ2) is 7.36. The van der Waals surface area contributed by atoms with Crippen molar-refractivity contribution in [2.45, 2.75) is 35.8 Å². The molecule has 1 amide bonds. The van der Waals surface area contributed by atoms with Crippen molar-refractivity contribution in [2.24, 2.45) is 0 Å². The molecule has 1 spiro atoms. The van der Waals surface area contributed by atoms with Crippen molar-refractivity contribution in [3.8, 4) is 6.07 Å². The number of rotatable bonds is 1. The predicted molar refractivity (Wildman–Crippen MR) is 123 cm³/mol. The number of fused-ring (bicyclic) bond motifs is 2. The molecule has 0 bridgehead atoms. The quantitative estimate of drug-likeness (QED) is 0.592. The highest BCUT2D eigenvalue weighted by Gasteiger charge is 2.43. The lowest BCUT2D eigenvalue weighted by molar-refractivity contribution is 0.0699. The molecule has 1 fully saturated rings. The summed E-state index contributed by atoms with van der Waals surface area (Å²) in [7, 11) is 0. The summed E-state index contributed by atoms with van der Waals surface area (Å²) in [4.78, 5) is 34.2. The molecule has 0 atom stereocenters. The molecule has 1 saturated heterocycles. The van der Waals surface area contributed by atoms with E-state index in [1.54, 1.807) is 23.9 Å². The molecule has 4 heterocycles. The van der Waals surface area contributed by atoms with Crippen molar-refractivity contribution >= 4 is 50.0 Å². The number of carbonyl (C=O) groups excluding carboxylic acids is 2. The second-order valence-electron chi connectivity index (χ2n) is 8.15. The summed E-state index contributed by atoms with van der Waals surface area (Å²) in [6, 6.07) is 11.3. The van der Waals surface area contributed by atoms with Crippen LogP contribution in [0.25, 0.3) is 10.2 Å². The van der Waals surface area contributed by atoms with Gasteiger partial charge in [-0.15, -0.1) is 11.8 Å². The van der Waals surface area contributed by atoms with Crippen LogP contribution in [-0.2, 0) is 0 Å². The van der Waals surface area contributed by atoms with E-state index < -0.39 is 0 Å². The van der Waals surface area contributed by atoms with Gasteiger partial charge in [-0.25, -0.2) is 4.98 Å². The number of anilines is 1. The molecule has 31 heavy (non-hydrogen) atoms. The van der Waals surface area contributed by atoms with Gasteiger partial charge in [0.25, 0.3) is 5.91 Å². The minimum absolute atomic E-state index is 0.0598. The molecule has 2 N–H and O–H groups in total. The maximum absolute atomic E-state index is 13.3. The molecule has 0 aliphatic carbocycles. The summed E-state index contributed by atoms with van der Waals surface area (Å²) in [5.74, 6) is 0.0237. The molecule has 156 valence electrons. The molecule has 2 aromatic heterocycles. The standard InChI is InChI=1S/C23H20N4O2S2/c1-13-2-4-15-19(20(25)30-21(15)26-13)22(29)27-8-6-23(7-9-27)11-17(28)16-10-14(12-24)3-5-18(16)31-23/h2-5,10H,6-9,11,25H2,1H3. The first-order valence-electron chi connectivity index (χ1n) is 10.1. The van der Waals surface area contributed by atoms with E-state index in [1.807, 2.05) is 30.0 Å². The maximum atomic E-state index is 13.3. The second-order valence-corrected chi connectivity index (χ2v) is 10.7. The Morgan fingerprint density at radius 1 is 1.26 bits per heavy atom. The van der Waals surface area contributed by atoms with Crippen LogP contribution in [0.3, 0.4) is 0 Å². The Morgan fingerprint density at radius 2 is 2.03 bits per heavy atom. The van der Waals surface area contributed by atoms with Gasteiger partial charge in [-0.1, -0.05) is 11.3 Å². The Kier molecular flexibility index (Phi) is 4.76. The lowest BCUT2D eigenvalue weighted by Gasteiger charge is -2.43. The smallest absolute Gasteiger partial charge is 0.257 e. The Hall–Kier alpha value is -2.89. The van der Waals surface area contributed by atoms with E-state index in [2.05, 4.69) is 11.1 Å². The van der Waals surface area contributed by atoms with E-state index in [9.17, 15) is 9.59 Å². The number of ketones is 1. The van der Waals surface area contributed by atoms with Gasteiger partial charge in [-0.2, -0.15) is 5.26 Å². The monoisotopic (exact) mass is 448 g/mol. The molecule has 3 aromatic rings. The highest BCUT2D eigenvalue weighted by Crippen LogP contribution is 2.49. The molecule has 0 unspecified atom stereocenters. The summed E-state index contributed by atoms with van der Waals surface area (Å²) in [6.45, 7) is 3.09. The van der Waals surface area contributed by atoms with Crippen LogP contribution in [0, 0.1) is 18.3 Å². The lowest BCUT2D eigenvalue weighted by Crippen LogP contribution is -2.47. The van der Waals surface area contributed by atoms with Crippen LogP contribution in [0.4, 0.5) is 5.00 Å². The van der Waals surface area contributed by atoms with Crippen LogP contribution in [0.1, 0.15) is 51.2 Å². The number of benzene rings is 1. The van der Waals surface area contributed by atoms with E-state index in [0.717, 1.165) is 33.6 Å². The number of aromatic nitrogens is 1. The third-order valence-electron chi connectivity index (χ3n) is 6.12. The first-order valence-corrected chi connectivity index (χ1v) is 11.7. The number of nitrogen functional groups attached to an aromatic ring is 1. The molecule has 1 aromatic carbocycles. The average molecular weight is 449 g/mol. The fraction of sp³-hybridized carbons (Fsp3) is 0.304. The van der Waals surface area contributed by atoms with E-state index in [0.29, 0.717) is 41.2 Å². The minimum atomic E-state index is -0.198. The fourth-order valence-corrected chi connectivity index (χ4v) is 6.88. The van der Waals surface area contributed by atoms with Gasteiger partial charge in [0.05, 0.1) is 17.2 Å². The van der Waals surface area contributed by atoms with Gasteiger partial charge >= 0.3 is 0 Å². The van der Waals surface area contributed by atoms with E-state index >= 15 is 0 Å². The number of amides is 1. The number of nitrogens with zero attached hydrogens (tertiary/aromatic N) is 3. The van der Waals surface area contributed by atoms with Crippen LogP contribution in [-0.4, -0.2) is 39.4 Å². The predicted octanol–water partition coefficient (Wildman–Crippen LogP) is 4.41. The number of hydrogen-bond acceptors (Lipinski definition) is 7. The SMILES string of the molecule is Cc1ccc2c(C(=O)N3CCC4(CC3)CC(=O)c3cc(C#N)ccc3S4)c(N)sc2n1. The normalized spacial score (nSPS) is 17.5. The number of aryl methyl sites for hydroxylation is 1. The zero-order chi connectivity index (χ0) is 21.8. The zero-order valence-electron chi connectivity index (χ0n) is 17.0. The third-order valence-corrected chi connectivity index (χ3v) is 8.61. The molecular weight excluding hydrogens is 428 g/mol. The van der Waals surface area contributed by atoms with Gasteiger partial charge in [0.1, 0.15) is 9.83 Å². The number of hydrogen-bond donors (Lipinski definition) is 1. The largest absolute Gasteiger partial charge is 0.390 e. The number of pyridine rings is 1. The number of likely N-dealkylation sites (tertiary alicyclic amines) is 1. The number of thioether (sulfide) groups is 1. The van der Waals surface area contributed by atoms with Crippen LogP contribution >= 0.6 is 23.1 Å². The minimum Gasteiger partial charge on any atom is -0.390 e. The van der Waals surface area contributed by atoms with Gasteiger partial charge in [-0.05, 0) is 50.1 Å². The molecular formula is C23H20N4O2S2. The topological polar surface area (TPSA) is 100 Å². The number of nitriles is 1. The number of carbonyl (C=O) groups is 2.